The average molecular weight is 242 g/mol. The van der Waals surface area contributed by atoms with Crippen LogP contribution in [0.15, 0.2) is 11.8 Å². The fourth-order valence-corrected chi connectivity index (χ4v) is 2.60. The van der Waals surface area contributed by atoms with E-state index in [0.29, 0.717) is 12.5 Å². The van der Waals surface area contributed by atoms with Gasteiger partial charge < -0.3 is 5.11 Å². The van der Waals surface area contributed by atoms with Crippen LogP contribution in [0.1, 0.15) is 45.4 Å². The Hall–Kier alpha value is -0.0831. The first kappa shape index (κ1) is 15.9. The largest absolute Gasteiger partial charge is 0.396 e. The summed E-state index contributed by atoms with van der Waals surface area (Å²) < 4.78 is 0. The SMILES string of the molecule is CCCCCCC(CO)C/C=C\[Si](C)(C)C. The molecule has 16 heavy (non-hydrogen) atoms. The smallest absolute Gasteiger partial charge is 0.0682 e. The number of aliphatic hydroxyl groups is 1. The van der Waals surface area contributed by atoms with Gasteiger partial charge in [-0.3, -0.25) is 0 Å². The summed E-state index contributed by atoms with van der Waals surface area (Å²) in [4.78, 5) is 0. The summed E-state index contributed by atoms with van der Waals surface area (Å²) in [5, 5.41) is 9.29. The first-order chi connectivity index (χ1) is 7.49. The third-order valence-corrected chi connectivity index (χ3v) is 4.05. The van der Waals surface area contributed by atoms with E-state index in [9.17, 15) is 5.11 Å². The van der Waals surface area contributed by atoms with E-state index in [-0.39, 0.29) is 0 Å². The average Bonchev–Trinajstić information content (AvgIpc) is 2.20. The van der Waals surface area contributed by atoms with Crippen LogP contribution in [-0.4, -0.2) is 19.8 Å². The van der Waals surface area contributed by atoms with E-state index in [1.807, 2.05) is 0 Å². The maximum absolute atomic E-state index is 9.29. The Morgan fingerprint density at radius 3 is 2.31 bits per heavy atom. The number of rotatable bonds is 9. The van der Waals surface area contributed by atoms with Crippen LogP contribution < -0.4 is 0 Å². The van der Waals surface area contributed by atoms with Gasteiger partial charge in [0.2, 0.25) is 0 Å². The van der Waals surface area contributed by atoms with E-state index in [1.165, 1.54) is 32.1 Å². The van der Waals surface area contributed by atoms with Gasteiger partial charge in [0.25, 0.3) is 0 Å². The van der Waals surface area contributed by atoms with E-state index >= 15 is 0 Å². The second kappa shape index (κ2) is 9.00. The van der Waals surface area contributed by atoms with E-state index in [0.717, 1.165) is 6.42 Å². The standard InChI is InChI=1S/C14H30OSi/c1-5-6-7-8-10-14(13-15)11-9-12-16(2,3)4/h9,12,14-15H,5-8,10-11,13H2,1-4H3/b12-9-. The molecule has 0 saturated heterocycles. The summed E-state index contributed by atoms with van der Waals surface area (Å²) in [5.74, 6) is 0.490. The Morgan fingerprint density at radius 2 is 1.81 bits per heavy atom. The molecule has 1 N–H and O–H groups in total. The number of unbranched alkanes of at least 4 members (excludes halogenated alkanes) is 3. The van der Waals surface area contributed by atoms with Crippen molar-refractivity contribution >= 4 is 8.07 Å². The predicted octanol–water partition coefficient (Wildman–Crippen LogP) is 4.39. The first-order valence-corrected chi connectivity index (χ1v) is 10.4. The van der Waals surface area contributed by atoms with Crippen molar-refractivity contribution in [2.45, 2.75) is 65.1 Å². The molecule has 0 aliphatic heterocycles. The molecular formula is C14H30OSi. The van der Waals surface area contributed by atoms with E-state index in [1.54, 1.807) is 0 Å². The molecule has 0 radical (unpaired) electrons. The molecule has 0 amide bonds. The molecule has 0 aromatic rings. The minimum atomic E-state index is -1.04. The predicted molar refractivity (Wildman–Crippen MR) is 76.4 cm³/mol. The Bertz CT molecular complexity index is 182. The molecule has 1 nitrogen and oxygen atoms in total. The lowest BCUT2D eigenvalue weighted by Gasteiger charge is -2.13. The van der Waals surface area contributed by atoms with Gasteiger partial charge in [0.05, 0.1) is 8.07 Å². The van der Waals surface area contributed by atoms with Gasteiger partial charge in [-0.25, -0.2) is 0 Å². The molecule has 96 valence electrons. The van der Waals surface area contributed by atoms with Gasteiger partial charge in [-0.2, -0.15) is 0 Å². The molecule has 0 aromatic carbocycles. The van der Waals surface area contributed by atoms with Crippen molar-refractivity contribution in [1.82, 2.24) is 0 Å². The van der Waals surface area contributed by atoms with Gasteiger partial charge in [0, 0.05) is 6.61 Å². The molecule has 0 aromatic heterocycles. The van der Waals surface area contributed by atoms with Gasteiger partial charge in [-0.1, -0.05) is 64.0 Å². The highest BCUT2D eigenvalue weighted by molar-refractivity contribution is 6.80. The van der Waals surface area contributed by atoms with Gasteiger partial charge >= 0.3 is 0 Å². The molecule has 1 atom stereocenters. The molecule has 0 aliphatic rings. The van der Waals surface area contributed by atoms with Gasteiger partial charge in [0.1, 0.15) is 0 Å². The van der Waals surface area contributed by atoms with Crippen LogP contribution in [0.2, 0.25) is 19.6 Å². The van der Waals surface area contributed by atoms with Crippen molar-refractivity contribution in [3.8, 4) is 0 Å². The van der Waals surface area contributed by atoms with Crippen molar-refractivity contribution in [1.29, 1.82) is 0 Å². The second-order valence-electron chi connectivity index (χ2n) is 5.90. The number of allylic oxidation sites excluding steroid dienone is 1. The minimum Gasteiger partial charge on any atom is -0.396 e. The first-order valence-electron chi connectivity index (χ1n) is 6.78. The highest BCUT2D eigenvalue weighted by Crippen LogP contribution is 2.15. The van der Waals surface area contributed by atoms with E-state index in [2.05, 4.69) is 38.3 Å². The summed E-state index contributed by atoms with van der Waals surface area (Å²) >= 11 is 0. The summed E-state index contributed by atoms with van der Waals surface area (Å²) in [7, 11) is -1.04. The topological polar surface area (TPSA) is 20.2 Å². The van der Waals surface area contributed by atoms with Gasteiger partial charge in [-0.15, -0.1) is 0 Å². The zero-order valence-corrected chi connectivity index (χ0v) is 12.6. The lowest BCUT2D eigenvalue weighted by molar-refractivity contribution is 0.216. The summed E-state index contributed by atoms with van der Waals surface area (Å²) in [5.41, 5.74) is 2.39. The maximum Gasteiger partial charge on any atom is 0.0682 e. The number of hydrogen-bond donors (Lipinski definition) is 1. The van der Waals surface area contributed by atoms with Crippen LogP contribution >= 0.6 is 0 Å². The van der Waals surface area contributed by atoms with Crippen molar-refractivity contribution in [3.05, 3.63) is 11.8 Å². The molecular weight excluding hydrogens is 212 g/mol. The summed E-state index contributed by atoms with van der Waals surface area (Å²) in [6, 6.07) is 0. The third-order valence-electron chi connectivity index (χ3n) is 2.81. The molecule has 0 spiro atoms. The van der Waals surface area contributed by atoms with Crippen LogP contribution in [0.4, 0.5) is 0 Å². The highest BCUT2D eigenvalue weighted by Gasteiger charge is 2.08. The highest BCUT2D eigenvalue weighted by atomic mass is 28.3. The summed E-state index contributed by atoms with van der Waals surface area (Å²) in [6.45, 7) is 9.62. The molecule has 0 aliphatic carbocycles. The van der Waals surface area contributed by atoms with Crippen LogP contribution in [0, 0.1) is 5.92 Å². The van der Waals surface area contributed by atoms with Crippen LogP contribution in [0.5, 0.6) is 0 Å². The third kappa shape index (κ3) is 10.4. The second-order valence-corrected chi connectivity index (χ2v) is 11.0. The zero-order chi connectivity index (χ0) is 12.4. The fourth-order valence-electron chi connectivity index (χ4n) is 1.76. The molecule has 0 saturated carbocycles. The Kier molecular flexibility index (Phi) is 8.95. The normalized spacial score (nSPS) is 14.6. The lowest BCUT2D eigenvalue weighted by Crippen LogP contribution is -2.15. The lowest BCUT2D eigenvalue weighted by atomic mass is 9.98. The van der Waals surface area contributed by atoms with E-state index < -0.39 is 8.07 Å². The Balaban J connectivity index is 3.71. The quantitative estimate of drug-likeness (QED) is 0.470. The molecule has 2 heteroatoms. The number of aliphatic hydroxyl groups excluding tert-OH is 1. The van der Waals surface area contributed by atoms with Gasteiger partial charge in [-0.05, 0) is 18.8 Å². The van der Waals surface area contributed by atoms with Crippen molar-refractivity contribution < 1.29 is 5.11 Å². The van der Waals surface area contributed by atoms with Crippen molar-refractivity contribution in [2.75, 3.05) is 6.61 Å². The molecule has 0 bridgehead atoms. The van der Waals surface area contributed by atoms with Gasteiger partial charge in [0.15, 0.2) is 0 Å². The molecule has 0 rings (SSSR count). The fraction of sp³-hybridized carbons (Fsp3) is 0.857. The van der Waals surface area contributed by atoms with Crippen molar-refractivity contribution in [2.24, 2.45) is 5.92 Å². The zero-order valence-electron chi connectivity index (χ0n) is 11.6. The van der Waals surface area contributed by atoms with Crippen LogP contribution in [-0.2, 0) is 0 Å². The Labute approximate surface area is 103 Å². The minimum absolute atomic E-state index is 0.349. The number of hydrogen-bond acceptors (Lipinski definition) is 1. The molecule has 1 unspecified atom stereocenters. The monoisotopic (exact) mass is 242 g/mol. The molecule has 0 heterocycles. The van der Waals surface area contributed by atoms with Crippen LogP contribution in [0.25, 0.3) is 0 Å². The van der Waals surface area contributed by atoms with Crippen LogP contribution in [0.3, 0.4) is 0 Å². The molecule has 0 fully saturated rings. The maximum atomic E-state index is 9.29. The van der Waals surface area contributed by atoms with E-state index in [4.69, 9.17) is 0 Å². The van der Waals surface area contributed by atoms with Crippen molar-refractivity contribution in [3.63, 3.8) is 0 Å². The summed E-state index contributed by atoms with van der Waals surface area (Å²) in [6.07, 6.45) is 9.78. The Morgan fingerprint density at radius 1 is 1.12 bits per heavy atom.